The second kappa shape index (κ2) is 11.2. The van der Waals surface area contributed by atoms with Crippen molar-refractivity contribution in [3.8, 4) is 11.5 Å². The van der Waals surface area contributed by atoms with Crippen LogP contribution in [-0.4, -0.2) is 31.3 Å². The van der Waals surface area contributed by atoms with Gasteiger partial charge < -0.3 is 25.2 Å². The van der Waals surface area contributed by atoms with Crippen LogP contribution in [0.25, 0.3) is 0 Å². The third kappa shape index (κ3) is 6.84. The molecule has 0 bridgehead atoms. The van der Waals surface area contributed by atoms with E-state index in [0.29, 0.717) is 24.6 Å². The Morgan fingerprint density at radius 1 is 1.00 bits per heavy atom. The highest BCUT2D eigenvalue weighted by atomic mass is 16.5. The number of amides is 1. The van der Waals surface area contributed by atoms with Gasteiger partial charge in [0.25, 0.3) is 5.91 Å². The van der Waals surface area contributed by atoms with E-state index in [0.717, 1.165) is 22.4 Å². The molecule has 162 valence electrons. The van der Waals surface area contributed by atoms with Crippen molar-refractivity contribution in [3.63, 3.8) is 0 Å². The molecule has 0 saturated heterocycles. The molecule has 0 aliphatic rings. The first kappa shape index (κ1) is 22.3. The molecule has 0 aliphatic carbocycles. The first-order chi connectivity index (χ1) is 15.0. The highest BCUT2D eigenvalue weighted by molar-refractivity contribution is 5.91. The van der Waals surface area contributed by atoms with Gasteiger partial charge in [-0.1, -0.05) is 54.1 Å². The number of aliphatic hydroxyl groups is 1. The topological polar surface area (TPSA) is 79.8 Å². The minimum atomic E-state index is -0.572. The van der Waals surface area contributed by atoms with Crippen molar-refractivity contribution >= 4 is 11.6 Å². The van der Waals surface area contributed by atoms with Gasteiger partial charge in [0.2, 0.25) is 0 Å². The molecule has 3 aromatic carbocycles. The summed E-state index contributed by atoms with van der Waals surface area (Å²) in [5, 5.41) is 16.3. The minimum absolute atomic E-state index is 0.120. The second-order valence-corrected chi connectivity index (χ2v) is 7.25. The van der Waals surface area contributed by atoms with Gasteiger partial charge in [0, 0.05) is 18.8 Å². The molecule has 0 fully saturated rings. The summed E-state index contributed by atoms with van der Waals surface area (Å²) in [6.07, 6.45) is -0.572. The van der Waals surface area contributed by atoms with Gasteiger partial charge in [-0.05, 0) is 42.3 Å². The Hall–Kier alpha value is -3.35. The van der Waals surface area contributed by atoms with Gasteiger partial charge in [0.1, 0.15) is 0 Å². The number of aliphatic hydroxyl groups excluding tert-OH is 1. The Kier molecular flexibility index (Phi) is 8.04. The van der Waals surface area contributed by atoms with Crippen molar-refractivity contribution < 1.29 is 19.4 Å². The Morgan fingerprint density at radius 3 is 2.45 bits per heavy atom. The van der Waals surface area contributed by atoms with Crippen LogP contribution in [-0.2, 0) is 11.3 Å². The molecule has 0 radical (unpaired) electrons. The number of rotatable bonds is 10. The van der Waals surface area contributed by atoms with Crippen LogP contribution in [0.4, 0.5) is 5.69 Å². The molecule has 1 atom stereocenters. The van der Waals surface area contributed by atoms with Crippen molar-refractivity contribution in [3.05, 3.63) is 89.5 Å². The zero-order valence-corrected chi connectivity index (χ0v) is 17.8. The molecule has 0 heterocycles. The molecule has 0 spiro atoms. The smallest absolute Gasteiger partial charge is 0.262 e. The lowest BCUT2D eigenvalue weighted by Gasteiger charge is -2.14. The molecule has 3 rings (SSSR count). The van der Waals surface area contributed by atoms with Gasteiger partial charge >= 0.3 is 0 Å². The molecular formula is C25H28N2O4. The summed E-state index contributed by atoms with van der Waals surface area (Å²) in [5.74, 6) is 0.798. The van der Waals surface area contributed by atoms with E-state index in [1.807, 2.05) is 73.7 Å². The third-order valence-corrected chi connectivity index (χ3v) is 4.77. The maximum Gasteiger partial charge on any atom is 0.262 e. The third-order valence-electron chi connectivity index (χ3n) is 4.77. The maximum atomic E-state index is 12.1. The summed E-state index contributed by atoms with van der Waals surface area (Å²) >= 11 is 0. The van der Waals surface area contributed by atoms with E-state index in [-0.39, 0.29) is 12.5 Å². The lowest BCUT2D eigenvalue weighted by atomic mass is 10.1. The summed E-state index contributed by atoms with van der Waals surface area (Å²) in [7, 11) is 1.56. The van der Waals surface area contributed by atoms with Crippen molar-refractivity contribution in [2.45, 2.75) is 19.6 Å². The average molecular weight is 421 g/mol. The lowest BCUT2D eigenvalue weighted by molar-refractivity contribution is -0.118. The fourth-order valence-corrected chi connectivity index (χ4v) is 3.06. The predicted octanol–water partition coefficient (Wildman–Crippen LogP) is 3.84. The van der Waals surface area contributed by atoms with Gasteiger partial charge in [-0.2, -0.15) is 0 Å². The number of nitrogens with one attached hydrogen (secondary N) is 2. The van der Waals surface area contributed by atoms with Gasteiger partial charge in [-0.15, -0.1) is 0 Å². The zero-order valence-electron chi connectivity index (χ0n) is 17.8. The van der Waals surface area contributed by atoms with Crippen LogP contribution < -0.4 is 20.1 Å². The fourth-order valence-electron chi connectivity index (χ4n) is 3.06. The number of benzene rings is 3. The minimum Gasteiger partial charge on any atom is -0.493 e. The standard InChI is InChI=1S/C25H28N2O4/c1-18-8-11-21(12-9-18)27-25(29)17-31-23-13-10-19(14-24(23)30-2)15-26-16-22(28)20-6-4-3-5-7-20/h3-14,22,26,28H,15-17H2,1-2H3,(H,27,29). The zero-order chi connectivity index (χ0) is 22.1. The van der Waals surface area contributed by atoms with Crippen molar-refractivity contribution in [1.82, 2.24) is 5.32 Å². The molecule has 3 N–H and O–H groups in total. The van der Waals surface area contributed by atoms with Crippen LogP contribution in [0.5, 0.6) is 11.5 Å². The summed E-state index contributed by atoms with van der Waals surface area (Å²) < 4.78 is 11.1. The molecular weight excluding hydrogens is 392 g/mol. The van der Waals surface area contributed by atoms with E-state index in [4.69, 9.17) is 9.47 Å². The average Bonchev–Trinajstić information content (AvgIpc) is 2.80. The predicted molar refractivity (Wildman–Crippen MR) is 121 cm³/mol. The Labute approximate surface area is 182 Å². The van der Waals surface area contributed by atoms with Crippen LogP contribution in [0, 0.1) is 6.92 Å². The molecule has 0 saturated carbocycles. The van der Waals surface area contributed by atoms with Crippen LogP contribution in [0.3, 0.4) is 0 Å². The van der Waals surface area contributed by atoms with Gasteiger partial charge in [0.05, 0.1) is 13.2 Å². The SMILES string of the molecule is COc1cc(CNCC(O)c2ccccc2)ccc1OCC(=O)Nc1ccc(C)cc1. The fraction of sp³-hybridized carbons (Fsp3) is 0.240. The summed E-state index contributed by atoms with van der Waals surface area (Å²) in [5.41, 5.74) is 3.71. The van der Waals surface area contributed by atoms with Gasteiger partial charge in [0.15, 0.2) is 18.1 Å². The van der Waals surface area contributed by atoms with E-state index in [1.54, 1.807) is 13.2 Å². The monoisotopic (exact) mass is 420 g/mol. The number of hydrogen-bond acceptors (Lipinski definition) is 5. The van der Waals surface area contributed by atoms with Crippen LogP contribution in [0.15, 0.2) is 72.8 Å². The summed E-state index contributed by atoms with van der Waals surface area (Å²) in [6.45, 7) is 2.87. The highest BCUT2D eigenvalue weighted by Gasteiger charge is 2.10. The van der Waals surface area contributed by atoms with E-state index in [1.165, 1.54) is 0 Å². The first-order valence-electron chi connectivity index (χ1n) is 10.1. The van der Waals surface area contributed by atoms with Crippen molar-refractivity contribution in [2.75, 3.05) is 25.6 Å². The summed E-state index contributed by atoms with van der Waals surface area (Å²) in [4.78, 5) is 12.1. The number of anilines is 1. The molecule has 1 amide bonds. The largest absolute Gasteiger partial charge is 0.493 e. The molecule has 6 nitrogen and oxygen atoms in total. The normalized spacial score (nSPS) is 11.6. The van der Waals surface area contributed by atoms with E-state index in [9.17, 15) is 9.90 Å². The molecule has 0 aromatic heterocycles. The Morgan fingerprint density at radius 2 is 1.74 bits per heavy atom. The Bertz CT molecular complexity index is 975. The van der Waals surface area contributed by atoms with Crippen LogP contribution in [0.2, 0.25) is 0 Å². The van der Waals surface area contributed by atoms with E-state index in [2.05, 4.69) is 10.6 Å². The van der Waals surface area contributed by atoms with Gasteiger partial charge in [-0.3, -0.25) is 4.79 Å². The van der Waals surface area contributed by atoms with E-state index < -0.39 is 6.10 Å². The number of carbonyl (C=O) groups is 1. The second-order valence-electron chi connectivity index (χ2n) is 7.25. The summed E-state index contributed by atoms with van der Waals surface area (Å²) in [6, 6.07) is 22.6. The number of carbonyl (C=O) groups excluding carboxylic acids is 1. The first-order valence-corrected chi connectivity index (χ1v) is 10.1. The lowest BCUT2D eigenvalue weighted by Crippen LogP contribution is -2.21. The number of hydrogen-bond donors (Lipinski definition) is 3. The molecule has 6 heteroatoms. The molecule has 0 aliphatic heterocycles. The molecule has 3 aromatic rings. The number of aryl methyl sites for hydroxylation is 1. The number of methoxy groups -OCH3 is 1. The quantitative estimate of drug-likeness (QED) is 0.464. The number of ether oxygens (including phenoxy) is 2. The highest BCUT2D eigenvalue weighted by Crippen LogP contribution is 2.28. The van der Waals surface area contributed by atoms with Crippen LogP contribution in [0.1, 0.15) is 22.8 Å². The molecule has 31 heavy (non-hydrogen) atoms. The maximum absolute atomic E-state index is 12.1. The van der Waals surface area contributed by atoms with Gasteiger partial charge in [-0.25, -0.2) is 0 Å². The van der Waals surface area contributed by atoms with Crippen molar-refractivity contribution in [1.29, 1.82) is 0 Å². The van der Waals surface area contributed by atoms with E-state index >= 15 is 0 Å². The van der Waals surface area contributed by atoms with Crippen LogP contribution >= 0.6 is 0 Å². The van der Waals surface area contributed by atoms with Crippen molar-refractivity contribution in [2.24, 2.45) is 0 Å². The Balaban J connectivity index is 1.49. The molecule has 1 unspecified atom stereocenters.